The van der Waals surface area contributed by atoms with Gasteiger partial charge in [0.15, 0.2) is 0 Å². The Labute approximate surface area is 65.0 Å². The summed E-state index contributed by atoms with van der Waals surface area (Å²) in [5, 5.41) is 0. The van der Waals surface area contributed by atoms with Gasteiger partial charge in [0, 0.05) is 25.9 Å². The first-order chi connectivity index (χ1) is 3.15. The van der Waals surface area contributed by atoms with Gasteiger partial charge in [0.2, 0.25) is 0 Å². The van der Waals surface area contributed by atoms with Crippen LogP contribution in [0, 0.1) is 13.0 Å². The molecule has 0 aromatic carbocycles. The lowest BCUT2D eigenvalue weighted by Crippen LogP contribution is -1.62. The van der Waals surface area contributed by atoms with Crippen molar-refractivity contribution in [2.24, 2.45) is 0 Å². The molecule has 0 rings (SSSR count). The Bertz CT molecular complexity index is 24.3. The molecule has 0 aliphatic carbocycles. The van der Waals surface area contributed by atoms with E-state index in [1.165, 1.54) is 13.0 Å². The molecule has 0 spiro atoms. The van der Waals surface area contributed by atoms with Crippen molar-refractivity contribution in [3.8, 4) is 0 Å². The summed E-state index contributed by atoms with van der Waals surface area (Å²) in [6.07, 6.45) is 0. The summed E-state index contributed by atoms with van der Waals surface area (Å²) in [4.78, 5) is 0. The van der Waals surface area contributed by atoms with Crippen molar-refractivity contribution in [3.63, 3.8) is 0 Å². The summed E-state index contributed by atoms with van der Waals surface area (Å²) in [7, 11) is 4.50. The highest BCUT2D eigenvalue weighted by molar-refractivity contribution is 5.75. The van der Waals surface area contributed by atoms with E-state index in [4.69, 9.17) is 0 Å². The third-order valence-electron chi connectivity index (χ3n) is 0. The first kappa shape index (κ1) is 15.8. The van der Waals surface area contributed by atoms with Crippen LogP contribution < -0.4 is 0 Å². The molecule has 1 nitrogen and oxygen atoms in total. The van der Waals surface area contributed by atoms with E-state index in [-0.39, 0.29) is 18.8 Å². The summed E-state index contributed by atoms with van der Waals surface area (Å²) < 4.78 is 4.00. The van der Waals surface area contributed by atoms with E-state index in [9.17, 15) is 0 Å². The smallest absolute Gasteiger partial charge is 0.0696 e. The van der Waals surface area contributed by atoms with Crippen molar-refractivity contribution in [1.82, 2.24) is 0 Å². The second-order valence-corrected chi connectivity index (χ2v) is 1.79. The van der Waals surface area contributed by atoms with E-state index in [0.717, 1.165) is 0 Å². The van der Waals surface area contributed by atoms with Crippen LogP contribution in [0.25, 0.3) is 0 Å². The lowest BCUT2D eigenvalue weighted by molar-refractivity contribution is 0.329. The Hall–Kier alpha value is 0.492. The molecule has 0 heterocycles. The Morgan fingerprint density at radius 3 is 1.38 bits per heavy atom. The molecule has 0 bridgehead atoms. The van der Waals surface area contributed by atoms with Crippen molar-refractivity contribution in [2.75, 3.05) is 7.11 Å². The zero-order chi connectivity index (χ0) is 6.28. The van der Waals surface area contributed by atoms with Crippen LogP contribution in [0.3, 0.4) is 0 Å². The third-order valence-corrected chi connectivity index (χ3v) is 0. The average molecular weight is 131 g/mol. The molecule has 0 saturated carbocycles. The Morgan fingerprint density at radius 1 is 1.38 bits per heavy atom. The van der Waals surface area contributed by atoms with Gasteiger partial charge in [-0.15, -0.1) is 0 Å². The van der Waals surface area contributed by atoms with Gasteiger partial charge >= 0.3 is 0 Å². The first-order valence-corrected chi connectivity index (χ1v) is 2.20. The number of rotatable bonds is 0. The second kappa shape index (κ2) is 15.6. The molecule has 0 N–H and O–H groups in total. The molecule has 0 atom stereocenters. The zero-order valence-electron chi connectivity index (χ0n) is 6.19. The van der Waals surface area contributed by atoms with Crippen LogP contribution in [0.1, 0.15) is 22.2 Å². The highest BCUT2D eigenvalue weighted by Gasteiger charge is 1.69. The normalized spacial score (nSPS) is 6.75. The molecule has 0 aromatic heterocycles. The number of hydrogen-bond donors (Lipinski definition) is 0. The monoisotopic (exact) mass is 131 g/mol. The molecular weight excluding hydrogens is 115 g/mol. The largest absolute Gasteiger partial charge is 0.382 e. The lowest BCUT2D eigenvalue weighted by atomic mass is 10.3. The van der Waals surface area contributed by atoms with Crippen molar-refractivity contribution in [1.29, 1.82) is 0 Å². The van der Waals surface area contributed by atoms with Gasteiger partial charge in [-0.2, -0.15) is 0 Å². The first-order valence-electron chi connectivity index (χ1n) is 2.20. The number of ether oxygens (including phenoxy) is 1. The van der Waals surface area contributed by atoms with E-state index < -0.39 is 0 Å². The summed E-state index contributed by atoms with van der Waals surface area (Å²) in [5.41, 5.74) is 0. The molecule has 5 radical (unpaired) electrons. The maximum Gasteiger partial charge on any atom is 0.0696 e. The van der Waals surface area contributed by atoms with E-state index >= 15 is 0 Å². The third kappa shape index (κ3) is 808. The minimum atomic E-state index is 0. The van der Waals surface area contributed by atoms with Crippen LogP contribution in [0.5, 0.6) is 0 Å². The molecule has 0 aliphatic rings. The molecule has 49 valence electrons. The molecule has 0 aliphatic heterocycles. The fraction of sp³-hybridized carbons (Fsp3) is 0.667. The van der Waals surface area contributed by atoms with Gasteiger partial charge in [0.25, 0.3) is 0 Å². The van der Waals surface area contributed by atoms with Crippen LogP contribution >= 0.6 is 0 Å². The maximum absolute atomic E-state index is 4.00. The van der Waals surface area contributed by atoms with Crippen LogP contribution in [-0.4, -0.2) is 24.5 Å². The van der Waals surface area contributed by atoms with Crippen LogP contribution in [0.15, 0.2) is 0 Å². The number of hydrogen-bond acceptors (Lipinski definition) is 1. The van der Waals surface area contributed by atoms with E-state index in [2.05, 4.69) is 32.6 Å². The van der Waals surface area contributed by atoms with E-state index in [1.54, 1.807) is 0 Å². The standard InChI is InChI=1S/C4H9.C2H5O.Al.H2/c1-4(2)3;1-3-2;;/h1-3H3;1H2,2H3;;1H. The fourth-order valence-corrected chi connectivity index (χ4v) is 0. The van der Waals surface area contributed by atoms with Crippen LogP contribution in [0.4, 0.5) is 0 Å². The topological polar surface area (TPSA) is 9.23 Å². The average Bonchev–Trinajstić information content (AvgIpc) is 1.33. The van der Waals surface area contributed by atoms with Gasteiger partial charge in [-0.3, -0.25) is 0 Å². The Balaban J connectivity index is -0.0000000233. The second-order valence-electron chi connectivity index (χ2n) is 1.79. The predicted octanol–water partition coefficient (Wildman–Crippen LogP) is 1.91. The molecular formula is C6H16AlO. The Kier molecular flexibility index (Phi) is 30.9. The van der Waals surface area contributed by atoms with Crippen molar-refractivity contribution < 1.29 is 6.16 Å². The molecule has 0 fully saturated rings. The summed E-state index contributed by atoms with van der Waals surface area (Å²) >= 11 is 0. The maximum atomic E-state index is 4.00. The predicted molar refractivity (Wildman–Crippen MR) is 40.5 cm³/mol. The van der Waals surface area contributed by atoms with E-state index in [1.807, 2.05) is 0 Å². The summed E-state index contributed by atoms with van der Waals surface area (Å²) in [6, 6.07) is 0. The SMILES string of the molecule is C[C](C)C.[Al].[CH2]OC.[HH]. The summed E-state index contributed by atoms with van der Waals surface area (Å²) in [5.74, 6) is 1.42. The van der Waals surface area contributed by atoms with Crippen LogP contribution in [-0.2, 0) is 4.74 Å². The molecule has 0 saturated heterocycles. The fourth-order valence-electron chi connectivity index (χ4n) is 0. The van der Waals surface area contributed by atoms with Gasteiger partial charge in [0.05, 0.1) is 7.11 Å². The van der Waals surface area contributed by atoms with Crippen molar-refractivity contribution >= 4 is 17.4 Å². The van der Waals surface area contributed by atoms with Gasteiger partial charge in [0.1, 0.15) is 0 Å². The van der Waals surface area contributed by atoms with Crippen molar-refractivity contribution in [2.45, 2.75) is 20.8 Å². The lowest BCUT2D eigenvalue weighted by Gasteiger charge is -1.78. The van der Waals surface area contributed by atoms with Gasteiger partial charge in [-0.1, -0.05) is 20.8 Å². The van der Waals surface area contributed by atoms with Crippen LogP contribution in [0.2, 0.25) is 0 Å². The van der Waals surface area contributed by atoms with Gasteiger partial charge in [-0.05, 0) is 5.92 Å². The quantitative estimate of drug-likeness (QED) is 0.456. The highest BCUT2D eigenvalue weighted by atomic mass is 27.0. The zero-order valence-corrected chi connectivity index (χ0v) is 7.35. The molecule has 2 heteroatoms. The van der Waals surface area contributed by atoms with E-state index in [0.29, 0.717) is 0 Å². The molecule has 0 aromatic rings. The van der Waals surface area contributed by atoms with Crippen molar-refractivity contribution in [3.05, 3.63) is 13.0 Å². The van der Waals surface area contributed by atoms with Gasteiger partial charge < -0.3 is 4.74 Å². The summed E-state index contributed by atoms with van der Waals surface area (Å²) in [6.45, 7) is 6.25. The molecule has 8 heavy (non-hydrogen) atoms. The van der Waals surface area contributed by atoms with Gasteiger partial charge in [-0.25, -0.2) is 0 Å². The molecule has 0 amide bonds. The number of methoxy groups -OCH3 is 1. The minimum Gasteiger partial charge on any atom is -0.382 e. The minimum absolute atomic E-state index is 0. The molecule has 0 unspecified atom stereocenters. The Morgan fingerprint density at radius 2 is 1.38 bits per heavy atom. The highest BCUT2D eigenvalue weighted by Crippen LogP contribution is 1.85.